The zero-order valence-electron chi connectivity index (χ0n) is 15.6. The summed E-state index contributed by atoms with van der Waals surface area (Å²) in [6, 6.07) is 17.6. The highest BCUT2D eigenvalue weighted by molar-refractivity contribution is 5.77. The van der Waals surface area contributed by atoms with Crippen molar-refractivity contribution in [2.24, 2.45) is 0 Å². The summed E-state index contributed by atoms with van der Waals surface area (Å²) in [5.74, 6) is 0.796. The Hall–Kier alpha value is -3.12. The van der Waals surface area contributed by atoms with E-state index in [-0.39, 0.29) is 5.91 Å². The van der Waals surface area contributed by atoms with Crippen molar-refractivity contribution >= 4 is 5.91 Å². The van der Waals surface area contributed by atoms with Gasteiger partial charge in [-0.15, -0.1) is 0 Å². The van der Waals surface area contributed by atoms with E-state index >= 15 is 0 Å². The SMILES string of the molecule is COc1ccc(CNC(=O)CN(C)Cc2cnn(-c3ccccc3)c2)cc1. The Morgan fingerprint density at radius 3 is 2.56 bits per heavy atom. The van der Waals surface area contributed by atoms with Crippen LogP contribution in [0.15, 0.2) is 67.0 Å². The van der Waals surface area contributed by atoms with Crippen LogP contribution in [-0.4, -0.2) is 41.3 Å². The third-order valence-electron chi connectivity index (χ3n) is 4.17. The molecule has 6 nitrogen and oxygen atoms in total. The predicted molar refractivity (Wildman–Crippen MR) is 105 cm³/mol. The lowest BCUT2D eigenvalue weighted by molar-refractivity contribution is -0.122. The van der Waals surface area contributed by atoms with Gasteiger partial charge in [-0.05, 0) is 36.9 Å². The fourth-order valence-electron chi connectivity index (χ4n) is 2.78. The van der Waals surface area contributed by atoms with Crippen LogP contribution in [-0.2, 0) is 17.9 Å². The van der Waals surface area contributed by atoms with Gasteiger partial charge in [-0.3, -0.25) is 9.69 Å². The first-order valence-corrected chi connectivity index (χ1v) is 8.81. The second kappa shape index (κ2) is 9.00. The van der Waals surface area contributed by atoms with Crippen LogP contribution < -0.4 is 10.1 Å². The van der Waals surface area contributed by atoms with Gasteiger partial charge < -0.3 is 10.1 Å². The molecule has 1 aromatic heterocycles. The van der Waals surface area contributed by atoms with Gasteiger partial charge in [0, 0.05) is 24.8 Å². The highest BCUT2D eigenvalue weighted by Gasteiger charge is 2.09. The van der Waals surface area contributed by atoms with Crippen LogP contribution in [0.5, 0.6) is 5.75 Å². The van der Waals surface area contributed by atoms with Crippen molar-refractivity contribution in [2.45, 2.75) is 13.1 Å². The molecule has 3 aromatic rings. The standard InChI is InChI=1S/C21H24N4O2/c1-24(14-18-13-23-25(15-18)19-6-4-3-5-7-19)16-21(26)22-12-17-8-10-20(27-2)11-9-17/h3-11,13,15H,12,14,16H2,1-2H3,(H,22,26). The van der Waals surface area contributed by atoms with Gasteiger partial charge >= 0.3 is 0 Å². The third kappa shape index (κ3) is 5.43. The summed E-state index contributed by atoms with van der Waals surface area (Å²) in [7, 11) is 3.56. The number of methoxy groups -OCH3 is 1. The van der Waals surface area contributed by atoms with E-state index < -0.39 is 0 Å². The molecule has 0 unspecified atom stereocenters. The zero-order chi connectivity index (χ0) is 19.1. The van der Waals surface area contributed by atoms with Crippen molar-refractivity contribution in [2.75, 3.05) is 20.7 Å². The molecule has 0 radical (unpaired) electrons. The average molecular weight is 364 g/mol. The van der Waals surface area contributed by atoms with Crippen molar-refractivity contribution in [3.63, 3.8) is 0 Å². The quantitative estimate of drug-likeness (QED) is 0.668. The summed E-state index contributed by atoms with van der Waals surface area (Å²) in [4.78, 5) is 14.1. The maximum absolute atomic E-state index is 12.2. The maximum atomic E-state index is 12.2. The van der Waals surface area contributed by atoms with Gasteiger partial charge in [-0.2, -0.15) is 5.10 Å². The lowest BCUT2D eigenvalue weighted by Crippen LogP contribution is -2.34. The minimum atomic E-state index is -0.0104. The molecule has 0 atom stereocenters. The number of benzene rings is 2. The molecule has 2 aromatic carbocycles. The Labute approximate surface area is 159 Å². The van der Waals surface area contributed by atoms with E-state index in [2.05, 4.69) is 10.4 Å². The second-order valence-electron chi connectivity index (χ2n) is 6.43. The number of rotatable bonds is 8. The van der Waals surface area contributed by atoms with Crippen LogP contribution in [0, 0.1) is 0 Å². The first-order chi connectivity index (χ1) is 13.1. The molecule has 140 valence electrons. The number of nitrogens with zero attached hydrogens (tertiary/aromatic N) is 3. The van der Waals surface area contributed by atoms with E-state index in [4.69, 9.17) is 4.74 Å². The lowest BCUT2D eigenvalue weighted by Gasteiger charge is -2.15. The number of nitrogens with one attached hydrogen (secondary N) is 1. The van der Waals surface area contributed by atoms with Gasteiger partial charge in [0.2, 0.25) is 5.91 Å². The molecule has 0 bridgehead atoms. The molecule has 0 aliphatic rings. The van der Waals surface area contributed by atoms with Crippen LogP contribution >= 0.6 is 0 Å². The van der Waals surface area contributed by atoms with Gasteiger partial charge in [0.25, 0.3) is 0 Å². The normalized spacial score (nSPS) is 10.8. The summed E-state index contributed by atoms with van der Waals surface area (Å²) < 4.78 is 6.97. The number of hydrogen-bond donors (Lipinski definition) is 1. The number of amides is 1. The molecule has 0 fully saturated rings. The van der Waals surface area contributed by atoms with Gasteiger partial charge in [0.05, 0.1) is 25.5 Å². The van der Waals surface area contributed by atoms with Crippen LogP contribution in [0.2, 0.25) is 0 Å². The first kappa shape index (κ1) is 18.7. The van der Waals surface area contributed by atoms with Crippen LogP contribution in [0.25, 0.3) is 5.69 Å². The van der Waals surface area contributed by atoms with Crippen molar-refractivity contribution in [1.82, 2.24) is 20.0 Å². The van der Waals surface area contributed by atoms with E-state index in [0.717, 1.165) is 22.6 Å². The number of para-hydroxylation sites is 1. The number of ether oxygens (including phenoxy) is 1. The fourth-order valence-corrected chi connectivity index (χ4v) is 2.78. The number of carbonyl (C=O) groups is 1. The van der Waals surface area contributed by atoms with Gasteiger partial charge in [-0.25, -0.2) is 4.68 Å². The number of carbonyl (C=O) groups excluding carboxylic acids is 1. The Kier molecular flexibility index (Phi) is 6.22. The van der Waals surface area contributed by atoms with Crippen molar-refractivity contribution < 1.29 is 9.53 Å². The topological polar surface area (TPSA) is 59.4 Å². The smallest absolute Gasteiger partial charge is 0.234 e. The summed E-state index contributed by atoms with van der Waals surface area (Å²) in [6.45, 7) is 1.48. The fraction of sp³-hybridized carbons (Fsp3) is 0.238. The van der Waals surface area contributed by atoms with Crippen molar-refractivity contribution in [3.05, 3.63) is 78.1 Å². The number of hydrogen-bond acceptors (Lipinski definition) is 4. The minimum absolute atomic E-state index is 0.0104. The van der Waals surface area contributed by atoms with Crippen molar-refractivity contribution in [3.8, 4) is 11.4 Å². The predicted octanol–water partition coefficient (Wildman–Crippen LogP) is 2.63. The summed E-state index contributed by atoms with van der Waals surface area (Å²) in [5.41, 5.74) is 3.11. The molecule has 1 N–H and O–H groups in total. The van der Waals surface area contributed by atoms with E-state index in [0.29, 0.717) is 19.6 Å². The highest BCUT2D eigenvalue weighted by Crippen LogP contribution is 2.11. The van der Waals surface area contributed by atoms with E-state index in [9.17, 15) is 4.79 Å². The molecule has 1 amide bonds. The molecule has 0 saturated heterocycles. The summed E-state index contributed by atoms with van der Waals surface area (Å²) >= 11 is 0. The van der Waals surface area contributed by atoms with E-state index in [1.165, 1.54) is 0 Å². The Morgan fingerprint density at radius 2 is 1.85 bits per heavy atom. The van der Waals surface area contributed by atoms with Crippen LogP contribution in [0.4, 0.5) is 0 Å². The molecule has 27 heavy (non-hydrogen) atoms. The van der Waals surface area contributed by atoms with Gasteiger partial charge in [0.1, 0.15) is 5.75 Å². The lowest BCUT2D eigenvalue weighted by atomic mass is 10.2. The number of likely N-dealkylation sites (N-methyl/N-ethyl adjacent to an activating group) is 1. The zero-order valence-corrected chi connectivity index (χ0v) is 15.6. The molecule has 0 saturated carbocycles. The summed E-state index contributed by atoms with van der Waals surface area (Å²) in [5, 5.41) is 7.33. The average Bonchev–Trinajstić information content (AvgIpc) is 3.15. The Morgan fingerprint density at radius 1 is 1.11 bits per heavy atom. The third-order valence-corrected chi connectivity index (χ3v) is 4.17. The second-order valence-corrected chi connectivity index (χ2v) is 6.43. The van der Waals surface area contributed by atoms with Crippen LogP contribution in [0.1, 0.15) is 11.1 Å². The molecule has 6 heteroatoms. The van der Waals surface area contributed by atoms with E-state index in [1.807, 2.05) is 83.6 Å². The Balaban J connectivity index is 1.46. The molecule has 0 aliphatic carbocycles. The monoisotopic (exact) mass is 364 g/mol. The van der Waals surface area contributed by atoms with Gasteiger partial charge in [-0.1, -0.05) is 30.3 Å². The summed E-state index contributed by atoms with van der Waals surface area (Å²) in [6.07, 6.45) is 3.82. The highest BCUT2D eigenvalue weighted by atomic mass is 16.5. The van der Waals surface area contributed by atoms with Gasteiger partial charge in [0.15, 0.2) is 0 Å². The van der Waals surface area contributed by atoms with Crippen LogP contribution in [0.3, 0.4) is 0 Å². The molecular weight excluding hydrogens is 340 g/mol. The molecule has 0 aliphatic heterocycles. The molecule has 1 heterocycles. The van der Waals surface area contributed by atoms with Crippen molar-refractivity contribution in [1.29, 1.82) is 0 Å². The molecular formula is C21H24N4O2. The minimum Gasteiger partial charge on any atom is -0.497 e. The Bertz CT molecular complexity index is 859. The number of aromatic nitrogens is 2. The van der Waals surface area contributed by atoms with E-state index in [1.54, 1.807) is 7.11 Å². The maximum Gasteiger partial charge on any atom is 0.234 e. The largest absolute Gasteiger partial charge is 0.497 e. The molecule has 0 spiro atoms. The molecule has 3 rings (SSSR count). The first-order valence-electron chi connectivity index (χ1n) is 8.81.